The van der Waals surface area contributed by atoms with Gasteiger partial charge in [-0.25, -0.2) is 0 Å². The van der Waals surface area contributed by atoms with E-state index < -0.39 is 22.8 Å². The molecule has 1 radical (unpaired) electrons. The topological polar surface area (TPSA) is 80.3 Å². The zero-order valence-corrected chi connectivity index (χ0v) is 11.4. The molecule has 0 amide bonds. The van der Waals surface area contributed by atoms with Crippen molar-refractivity contribution >= 4 is 11.9 Å². The van der Waals surface area contributed by atoms with Gasteiger partial charge in [0.25, 0.3) is 0 Å². The normalized spacial score (nSPS) is 10.5. The quantitative estimate of drug-likeness (QED) is 0.568. The molecular formula is C10H18AgO4-2. The summed E-state index contributed by atoms with van der Waals surface area (Å²) in [7, 11) is 0. The maximum atomic E-state index is 9.91. The minimum Gasteiger partial charge on any atom is -0.550 e. The molecule has 0 aliphatic heterocycles. The molecule has 0 aromatic rings. The summed E-state index contributed by atoms with van der Waals surface area (Å²) in [6.45, 7) is 9.60. The van der Waals surface area contributed by atoms with Gasteiger partial charge in [0.2, 0.25) is 0 Å². The van der Waals surface area contributed by atoms with Crippen LogP contribution in [0.1, 0.15) is 41.5 Å². The molecule has 0 saturated carbocycles. The van der Waals surface area contributed by atoms with E-state index in [1.54, 1.807) is 41.5 Å². The van der Waals surface area contributed by atoms with Crippen LogP contribution in [0.4, 0.5) is 0 Å². The van der Waals surface area contributed by atoms with Gasteiger partial charge in [-0.2, -0.15) is 0 Å². The summed E-state index contributed by atoms with van der Waals surface area (Å²) in [5.74, 6) is -2.01. The molecular weight excluding hydrogens is 292 g/mol. The van der Waals surface area contributed by atoms with E-state index in [0.717, 1.165) is 0 Å². The summed E-state index contributed by atoms with van der Waals surface area (Å²) in [4.78, 5) is 19.8. The van der Waals surface area contributed by atoms with Crippen molar-refractivity contribution in [3.8, 4) is 0 Å². The van der Waals surface area contributed by atoms with Crippen LogP contribution in [0, 0.1) is 10.8 Å². The van der Waals surface area contributed by atoms with E-state index in [1.165, 1.54) is 0 Å². The maximum Gasteiger partial charge on any atom is 0.0467 e. The molecule has 0 bridgehead atoms. The molecule has 0 N–H and O–H groups in total. The van der Waals surface area contributed by atoms with E-state index in [-0.39, 0.29) is 22.4 Å². The van der Waals surface area contributed by atoms with Crippen LogP contribution >= 0.6 is 0 Å². The molecule has 0 atom stereocenters. The molecule has 95 valence electrons. The van der Waals surface area contributed by atoms with E-state index in [2.05, 4.69) is 0 Å². The number of rotatable bonds is 0. The Morgan fingerprint density at radius 1 is 0.733 bits per heavy atom. The summed E-state index contributed by atoms with van der Waals surface area (Å²) in [6, 6.07) is 0. The van der Waals surface area contributed by atoms with Crippen molar-refractivity contribution in [2.45, 2.75) is 41.5 Å². The summed E-state index contributed by atoms with van der Waals surface area (Å²) >= 11 is 0. The third kappa shape index (κ3) is 13.7. The zero-order chi connectivity index (χ0) is 12.2. The van der Waals surface area contributed by atoms with Crippen molar-refractivity contribution in [2.75, 3.05) is 0 Å². The smallest absolute Gasteiger partial charge is 0.0467 e. The Hall–Kier alpha value is -0.320. The SMILES string of the molecule is CC(C)(C)C(=O)[O-].CC(C)(C)C(=O)[O-].[Ag]. The standard InChI is InChI=1S/2C5H10O2.Ag/c2*1-5(2,3)4(6)7;/h2*1-3H3,(H,6,7);/p-2. The van der Waals surface area contributed by atoms with Crippen molar-refractivity contribution in [1.29, 1.82) is 0 Å². The molecule has 15 heavy (non-hydrogen) atoms. The molecule has 4 nitrogen and oxygen atoms in total. The van der Waals surface area contributed by atoms with Gasteiger partial charge in [0.1, 0.15) is 0 Å². The number of carbonyl (C=O) groups excluding carboxylic acids is 2. The van der Waals surface area contributed by atoms with Gasteiger partial charge in [-0.1, -0.05) is 41.5 Å². The fourth-order valence-electron chi connectivity index (χ4n) is 0. The molecule has 0 aliphatic carbocycles. The van der Waals surface area contributed by atoms with Crippen molar-refractivity contribution in [1.82, 2.24) is 0 Å². The largest absolute Gasteiger partial charge is 0.550 e. The first-order valence-corrected chi connectivity index (χ1v) is 4.32. The maximum absolute atomic E-state index is 9.91. The van der Waals surface area contributed by atoms with E-state index >= 15 is 0 Å². The summed E-state index contributed by atoms with van der Waals surface area (Å²) in [5.41, 5.74) is -1.39. The Kier molecular flexibility index (Phi) is 9.45. The van der Waals surface area contributed by atoms with Gasteiger partial charge in [0.05, 0.1) is 0 Å². The monoisotopic (exact) mass is 309 g/mol. The van der Waals surface area contributed by atoms with E-state index in [9.17, 15) is 19.8 Å². The van der Waals surface area contributed by atoms with E-state index in [4.69, 9.17) is 0 Å². The van der Waals surface area contributed by atoms with Crippen LogP contribution in [0.15, 0.2) is 0 Å². The van der Waals surface area contributed by atoms with Crippen LogP contribution in [0.5, 0.6) is 0 Å². The van der Waals surface area contributed by atoms with Crippen LogP contribution in [-0.4, -0.2) is 11.9 Å². The Labute approximate surface area is 107 Å². The molecule has 5 heteroatoms. The van der Waals surface area contributed by atoms with Crippen molar-refractivity contribution in [2.24, 2.45) is 10.8 Å². The minimum atomic E-state index is -1.01. The first kappa shape index (κ1) is 20.1. The molecule has 0 heterocycles. The van der Waals surface area contributed by atoms with E-state index in [1.807, 2.05) is 0 Å². The molecule has 0 saturated heterocycles. The second kappa shape index (κ2) is 7.04. The average molecular weight is 310 g/mol. The number of carbonyl (C=O) groups is 2. The Balaban J connectivity index is -0.000000180. The predicted molar refractivity (Wildman–Crippen MR) is 48.9 cm³/mol. The fraction of sp³-hybridized carbons (Fsp3) is 0.800. The van der Waals surface area contributed by atoms with E-state index in [0.29, 0.717) is 0 Å². The number of aliphatic carboxylic acids is 2. The average Bonchev–Trinajstić information content (AvgIpc) is 1.83. The first-order chi connectivity index (χ1) is 5.89. The van der Waals surface area contributed by atoms with Gasteiger partial charge in [-0.15, -0.1) is 0 Å². The second-order valence-corrected chi connectivity index (χ2v) is 5.07. The Morgan fingerprint density at radius 2 is 0.800 bits per heavy atom. The van der Waals surface area contributed by atoms with Gasteiger partial charge in [-0.3, -0.25) is 0 Å². The molecule has 0 spiro atoms. The first-order valence-electron chi connectivity index (χ1n) is 4.32. The zero-order valence-electron chi connectivity index (χ0n) is 9.93. The second-order valence-electron chi connectivity index (χ2n) is 5.07. The third-order valence-corrected chi connectivity index (χ3v) is 1.22. The summed E-state index contributed by atoms with van der Waals surface area (Å²) in [5, 5.41) is 19.8. The number of hydrogen-bond acceptors (Lipinski definition) is 4. The van der Waals surface area contributed by atoms with Crippen LogP contribution in [-0.2, 0) is 32.0 Å². The molecule has 0 aliphatic rings. The predicted octanol–water partition coefficient (Wildman–Crippen LogP) is -0.438. The minimum absolute atomic E-state index is 0. The van der Waals surface area contributed by atoms with Crippen molar-refractivity contribution < 1.29 is 42.2 Å². The molecule has 0 fully saturated rings. The van der Waals surface area contributed by atoms with Crippen molar-refractivity contribution in [3.05, 3.63) is 0 Å². The number of carboxylic acid groups (broad SMARTS) is 2. The fourth-order valence-corrected chi connectivity index (χ4v) is 0. The van der Waals surface area contributed by atoms with Crippen LogP contribution in [0.3, 0.4) is 0 Å². The summed E-state index contributed by atoms with van der Waals surface area (Å²) in [6.07, 6.45) is 0. The molecule has 0 unspecified atom stereocenters. The molecule has 0 rings (SSSR count). The number of hydrogen-bond donors (Lipinski definition) is 0. The third-order valence-electron chi connectivity index (χ3n) is 1.22. The van der Waals surface area contributed by atoms with Crippen molar-refractivity contribution in [3.63, 3.8) is 0 Å². The van der Waals surface area contributed by atoms with Crippen LogP contribution in [0.25, 0.3) is 0 Å². The Bertz CT molecular complexity index is 186. The van der Waals surface area contributed by atoms with Crippen LogP contribution < -0.4 is 10.2 Å². The van der Waals surface area contributed by atoms with Crippen LogP contribution in [0.2, 0.25) is 0 Å². The van der Waals surface area contributed by atoms with Gasteiger partial charge in [-0.05, 0) is 0 Å². The van der Waals surface area contributed by atoms with Gasteiger partial charge >= 0.3 is 0 Å². The Morgan fingerprint density at radius 3 is 0.800 bits per heavy atom. The summed E-state index contributed by atoms with van der Waals surface area (Å²) < 4.78 is 0. The molecule has 0 aromatic carbocycles. The molecule has 0 aromatic heterocycles. The van der Waals surface area contributed by atoms with Gasteiger partial charge in [0.15, 0.2) is 0 Å². The van der Waals surface area contributed by atoms with Gasteiger partial charge in [0, 0.05) is 45.1 Å². The van der Waals surface area contributed by atoms with Gasteiger partial charge < -0.3 is 19.8 Å². The number of carboxylic acids is 2.